The van der Waals surface area contributed by atoms with Crippen molar-refractivity contribution in [2.24, 2.45) is 7.05 Å². The first kappa shape index (κ1) is 12.9. The van der Waals surface area contributed by atoms with Gasteiger partial charge in [-0.3, -0.25) is 14.2 Å². The van der Waals surface area contributed by atoms with Crippen LogP contribution in [-0.2, 0) is 21.9 Å². The van der Waals surface area contributed by atoms with Crippen LogP contribution in [0.5, 0.6) is 0 Å². The van der Waals surface area contributed by atoms with E-state index in [1.54, 1.807) is 13.2 Å². The minimum atomic E-state index is -3.77. The Balaban J connectivity index is 1.85. The topological polar surface area (TPSA) is 84.3 Å². The number of allylic oxidation sites excluding steroid dienone is 1. The molecule has 1 aromatic rings. The van der Waals surface area contributed by atoms with Crippen LogP contribution < -0.4 is 4.72 Å². The van der Waals surface area contributed by atoms with E-state index in [0.717, 1.165) is 0 Å². The average Bonchev–Trinajstić information content (AvgIpc) is 2.98. The molecule has 3 rings (SSSR count). The number of hydrogen-bond donors (Lipinski definition) is 1. The minimum Gasteiger partial charge on any atom is -0.365 e. The van der Waals surface area contributed by atoms with Crippen molar-refractivity contribution in [3.8, 4) is 0 Å². The summed E-state index contributed by atoms with van der Waals surface area (Å²) in [6.07, 6.45) is 8.42. The zero-order chi connectivity index (χ0) is 14.3. The summed E-state index contributed by atoms with van der Waals surface area (Å²) in [4.78, 5) is 13.9. The van der Waals surface area contributed by atoms with E-state index in [-0.39, 0.29) is 28.8 Å². The monoisotopic (exact) mass is 294 g/mol. The second-order valence-electron chi connectivity index (χ2n) is 4.82. The van der Waals surface area contributed by atoms with E-state index in [1.165, 1.54) is 17.1 Å². The van der Waals surface area contributed by atoms with Crippen LogP contribution in [0.25, 0.3) is 0 Å². The van der Waals surface area contributed by atoms with E-state index < -0.39 is 10.0 Å². The third kappa shape index (κ3) is 2.22. The molecule has 0 amide bonds. The van der Waals surface area contributed by atoms with Crippen molar-refractivity contribution in [2.75, 3.05) is 6.54 Å². The van der Waals surface area contributed by atoms with Crippen molar-refractivity contribution in [2.45, 2.75) is 17.4 Å². The number of Topliss-reactive ketones (excluding diaryl/α,β-unsaturated/α-hetero) is 1. The van der Waals surface area contributed by atoms with Crippen LogP contribution in [0.2, 0.25) is 0 Å². The number of hydrogen-bond acceptors (Lipinski definition) is 5. The number of nitrogens with zero attached hydrogens (tertiary/aromatic N) is 3. The van der Waals surface area contributed by atoms with E-state index >= 15 is 0 Å². The number of fused-ring (bicyclic) bond motifs is 1. The van der Waals surface area contributed by atoms with Gasteiger partial charge in [-0.15, -0.1) is 0 Å². The Kier molecular flexibility index (Phi) is 2.89. The van der Waals surface area contributed by atoms with Gasteiger partial charge in [-0.25, -0.2) is 8.42 Å². The highest BCUT2D eigenvalue weighted by atomic mass is 32.2. The normalized spacial score (nSPS) is 21.9. The molecule has 106 valence electrons. The van der Waals surface area contributed by atoms with Crippen molar-refractivity contribution in [3.05, 3.63) is 36.4 Å². The number of carbonyl (C=O) groups excluding carboxylic acids is 1. The average molecular weight is 294 g/mol. The zero-order valence-corrected chi connectivity index (χ0v) is 11.7. The standard InChI is InChI=1S/C12H14N4O3S/c1-15-7-10(6-13-15)20(18,19)14-11-8-16-4-2-3-9(16)5-12(11)17/h2-3,6-9,14H,4-5H2,1H3. The van der Waals surface area contributed by atoms with Crippen LogP contribution >= 0.6 is 0 Å². The fourth-order valence-electron chi connectivity index (χ4n) is 2.28. The molecule has 0 bridgehead atoms. The van der Waals surface area contributed by atoms with Crippen molar-refractivity contribution >= 4 is 15.8 Å². The molecular formula is C12H14N4O3S. The summed E-state index contributed by atoms with van der Waals surface area (Å²) in [6, 6.07) is 0.0501. The maximum absolute atomic E-state index is 12.2. The van der Waals surface area contributed by atoms with E-state index in [4.69, 9.17) is 0 Å². The van der Waals surface area contributed by atoms with E-state index in [0.29, 0.717) is 6.54 Å². The Labute approximate surface area is 116 Å². The van der Waals surface area contributed by atoms with Crippen LogP contribution in [0.3, 0.4) is 0 Å². The molecule has 0 saturated carbocycles. The molecule has 1 N–H and O–H groups in total. The van der Waals surface area contributed by atoms with Crippen molar-refractivity contribution in [1.29, 1.82) is 0 Å². The molecule has 8 heteroatoms. The predicted molar refractivity (Wildman–Crippen MR) is 70.9 cm³/mol. The summed E-state index contributed by atoms with van der Waals surface area (Å²) in [7, 11) is -2.14. The van der Waals surface area contributed by atoms with Gasteiger partial charge in [0.15, 0.2) is 5.78 Å². The van der Waals surface area contributed by atoms with Gasteiger partial charge in [0.25, 0.3) is 10.0 Å². The number of carbonyl (C=O) groups is 1. The van der Waals surface area contributed by atoms with Gasteiger partial charge in [-0.2, -0.15) is 5.10 Å². The summed E-state index contributed by atoms with van der Waals surface area (Å²) in [5.41, 5.74) is 0.105. The first-order valence-electron chi connectivity index (χ1n) is 6.14. The number of aryl methyl sites for hydroxylation is 1. The molecule has 0 aromatic carbocycles. The van der Waals surface area contributed by atoms with Gasteiger partial charge in [0, 0.05) is 32.4 Å². The smallest absolute Gasteiger partial charge is 0.265 e. The lowest BCUT2D eigenvalue weighted by Crippen LogP contribution is -2.38. The molecule has 7 nitrogen and oxygen atoms in total. The molecular weight excluding hydrogens is 280 g/mol. The number of nitrogens with one attached hydrogen (secondary N) is 1. The highest BCUT2D eigenvalue weighted by molar-refractivity contribution is 7.89. The van der Waals surface area contributed by atoms with Crippen LogP contribution in [0, 0.1) is 0 Å². The van der Waals surface area contributed by atoms with Gasteiger partial charge < -0.3 is 4.90 Å². The quantitative estimate of drug-likeness (QED) is 0.777. The molecule has 2 aliphatic heterocycles. The fraction of sp³-hybridized carbons (Fsp3) is 0.333. The summed E-state index contributed by atoms with van der Waals surface area (Å²) >= 11 is 0. The zero-order valence-electron chi connectivity index (χ0n) is 10.9. The number of sulfonamides is 1. The largest absolute Gasteiger partial charge is 0.365 e. The molecule has 0 aliphatic carbocycles. The van der Waals surface area contributed by atoms with Crippen molar-refractivity contribution < 1.29 is 13.2 Å². The van der Waals surface area contributed by atoms with Gasteiger partial charge in [-0.05, 0) is 0 Å². The van der Waals surface area contributed by atoms with Gasteiger partial charge in [-0.1, -0.05) is 12.2 Å². The Morgan fingerprint density at radius 3 is 2.95 bits per heavy atom. The summed E-state index contributed by atoms with van der Waals surface area (Å²) in [5.74, 6) is -0.203. The number of aromatic nitrogens is 2. The van der Waals surface area contributed by atoms with Crippen molar-refractivity contribution in [1.82, 2.24) is 19.4 Å². The lowest BCUT2D eigenvalue weighted by atomic mass is 10.1. The van der Waals surface area contributed by atoms with Gasteiger partial charge in [0.05, 0.1) is 12.2 Å². The molecule has 20 heavy (non-hydrogen) atoms. The molecule has 0 saturated heterocycles. The molecule has 0 radical (unpaired) electrons. The Hall–Kier alpha value is -2.09. The predicted octanol–water partition coefficient (Wildman–Crippen LogP) is -0.247. The number of ketones is 1. The lowest BCUT2D eigenvalue weighted by molar-refractivity contribution is -0.117. The Bertz CT molecular complexity index is 717. The van der Waals surface area contributed by atoms with Crippen LogP contribution in [0.4, 0.5) is 0 Å². The lowest BCUT2D eigenvalue weighted by Gasteiger charge is -2.28. The highest BCUT2D eigenvalue weighted by Crippen LogP contribution is 2.22. The SMILES string of the molecule is Cn1cc(S(=O)(=O)NC2=CN3CC=CC3CC2=O)cn1. The van der Waals surface area contributed by atoms with E-state index in [2.05, 4.69) is 9.82 Å². The van der Waals surface area contributed by atoms with Gasteiger partial charge in [0.1, 0.15) is 10.6 Å². The molecule has 2 aliphatic rings. The Morgan fingerprint density at radius 2 is 2.25 bits per heavy atom. The molecule has 1 atom stereocenters. The van der Waals surface area contributed by atoms with Crippen molar-refractivity contribution in [3.63, 3.8) is 0 Å². The molecule has 0 spiro atoms. The second-order valence-corrected chi connectivity index (χ2v) is 6.50. The summed E-state index contributed by atoms with van der Waals surface area (Å²) in [6.45, 7) is 0.691. The van der Waals surface area contributed by atoms with Gasteiger partial charge in [0.2, 0.25) is 0 Å². The van der Waals surface area contributed by atoms with Crippen LogP contribution in [-0.4, -0.2) is 41.5 Å². The van der Waals surface area contributed by atoms with E-state index in [1.807, 2.05) is 17.1 Å². The minimum absolute atomic E-state index is 0.0374. The van der Waals surface area contributed by atoms with Gasteiger partial charge >= 0.3 is 0 Å². The first-order chi connectivity index (χ1) is 9.45. The number of rotatable bonds is 3. The molecule has 1 unspecified atom stereocenters. The summed E-state index contributed by atoms with van der Waals surface area (Å²) in [5, 5.41) is 3.82. The maximum Gasteiger partial charge on any atom is 0.265 e. The van der Waals surface area contributed by atoms with Crippen LogP contribution in [0.15, 0.2) is 41.3 Å². The summed E-state index contributed by atoms with van der Waals surface area (Å²) < 4.78 is 28.1. The third-order valence-electron chi connectivity index (χ3n) is 3.33. The highest BCUT2D eigenvalue weighted by Gasteiger charge is 2.30. The molecule has 3 heterocycles. The molecule has 0 fully saturated rings. The molecule has 1 aromatic heterocycles. The third-order valence-corrected chi connectivity index (χ3v) is 4.65. The Morgan fingerprint density at radius 1 is 1.45 bits per heavy atom. The first-order valence-corrected chi connectivity index (χ1v) is 7.63. The van der Waals surface area contributed by atoms with E-state index in [9.17, 15) is 13.2 Å². The van der Waals surface area contributed by atoms with Crippen LogP contribution in [0.1, 0.15) is 6.42 Å². The maximum atomic E-state index is 12.2. The fourth-order valence-corrected chi connectivity index (χ4v) is 3.33. The second kappa shape index (κ2) is 4.48.